The van der Waals surface area contributed by atoms with Gasteiger partial charge >= 0.3 is 6.03 Å². The van der Waals surface area contributed by atoms with Crippen LogP contribution in [0.25, 0.3) is 0 Å². The van der Waals surface area contributed by atoms with E-state index in [1.165, 1.54) is 18.2 Å². The van der Waals surface area contributed by atoms with Gasteiger partial charge in [0.1, 0.15) is 11.6 Å². The Labute approximate surface area is 163 Å². The SMILES string of the molecule is Cc1cc(NC(=O)N2CCC(C(C)(C)S(=O)(=O)c3cccc(F)c3)CC2)no1. The summed E-state index contributed by atoms with van der Waals surface area (Å²) in [6.07, 6.45) is 1.07. The maximum absolute atomic E-state index is 13.5. The number of hydrogen-bond donors (Lipinski definition) is 1. The van der Waals surface area contributed by atoms with Gasteiger partial charge in [-0.05, 0) is 57.7 Å². The Morgan fingerprint density at radius 3 is 2.54 bits per heavy atom. The van der Waals surface area contributed by atoms with Crippen LogP contribution in [0, 0.1) is 18.7 Å². The molecular weight excluding hydrogens is 385 g/mol. The molecule has 28 heavy (non-hydrogen) atoms. The van der Waals surface area contributed by atoms with Crippen molar-refractivity contribution in [3.63, 3.8) is 0 Å². The molecule has 2 heterocycles. The largest absolute Gasteiger partial charge is 0.360 e. The normalized spacial score (nSPS) is 16.2. The molecule has 1 N–H and O–H groups in total. The lowest BCUT2D eigenvalue weighted by Crippen LogP contribution is -2.48. The molecule has 1 saturated heterocycles. The second kappa shape index (κ2) is 7.54. The molecule has 0 radical (unpaired) electrons. The van der Waals surface area contributed by atoms with Crippen LogP contribution in [0.3, 0.4) is 0 Å². The van der Waals surface area contributed by atoms with Gasteiger partial charge in [0.15, 0.2) is 15.7 Å². The third-order valence-electron chi connectivity index (χ3n) is 5.43. The molecule has 2 aromatic rings. The van der Waals surface area contributed by atoms with E-state index in [1.54, 1.807) is 31.7 Å². The maximum Gasteiger partial charge on any atom is 0.323 e. The third kappa shape index (κ3) is 3.89. The summed E-state index contributed by atoms with van der Waals surface area (Å²) in [4.78, 5) is 14.0. The summed E-state index contributed by atoms with van der Waals surface area (Å²) in [5.41, 5.74) is 0. The second-order valence-corrected chi connectivity index (χ2v) is 10.1. The summed E-state index contributed by atoms with van der Waals surface area (Å²) in [5, 5.41) is 6.40. The molecule has 0 atom stereocenters. The lowest BCUT2D eigenvalue weighted by molar-refractivity contribution is 0.171. The molecule has 0 saturated carbocycles. The van der Waals surface area contributed by atoms with Crippen molar-refractivity contribution in [1.82, 2.24) is 10.1 Å². The smallest absolute Gasteiger partial charge is 0.323 e. The summed E-state index contributed by atoms with van der Waals surface area (Å²) in [6.45, 7) is 5.93. The molecule has 1 fully saturated rings. The number of rotatable bonds is 4. The van der Waals surface area contributed by atoms with Crippen molar-refractivity contribution >= 4 is 21.7 Å². The predicted octanol–water partition coefficient (Wildman–Crippen LogP) is 3.62. The van der Waals surface area contributed by atoms with Crippen LogP contribution in [0.15, 0.2) is 39.8 Å². The molecule has 0 unspecified atom stereocenters. The van der Waals surface area contributed by atoms with Crippen LogP contribution < -0.4 is 5.32 Å². The Hall–Kier alpha value is -2.42. The topological polar surface area (TPSA) is 92.5 Å². The van der Waals surface area contributed by atoms with Gasteiger partial charge in [0.05, 0.1) is 9.64 Å². The van der Waals surface area contributed by atoms with Gasteiger partial charge in [-0.1, -0.05) is 11.2 Å². The number of urea groups is 1. The van der Waals surface area contributed by atoms with Gasteiger partial charge in [0, 0.05) is 19.2 Å². The molecule has 1 aromatic heterocycles. The Morgan fingerprint density at radius 2 is 1.96 bits per heavy atom. The van der Waals surface area contributed by atoms with Crippen molar-refractivity contribution in [1.29, 1.82) is 0 Å². The number of carbonyl (C=O) groups excluding carboxylic acids is 1. The highest BCUT2D eigenvalue weighted by Gasteiger charge is 2.44. The fraction of sp³-hybridized carbons (Fsp3) is 0.474. The fourth-order valence-corrected chi connectivity index (χ4v) is 5.36. The number of anilines is 1. The van der Waals surface area contributed by atoms with Gasteiger partial charge in [-0.2, -0.15) is 0 Å². The highest BCUT2D eigenvalue weighted by Crippen LogP contribution is 2.38. The summed E-state index contributed by atoms with van der Waals surface area (Å²) in [6, 6.07) is 6.43. The number of benzene rings is 1. The number of carbonyl (C=O) groups is 1. The van der Waals surface area contributed by atoms with E-state index in [0.717, 1.165) is 6.07 Å². The number of hydrogen-bond acceptors (Lipinski definition) is 5. The zero-order chi connectivity index (χ0) is 20.5. The van der Waals surface area contributed by atoms with E-state index >= 15 is 0 Å². The van der Waals surface area contributed by atoms with Crippen LogP contribution in [-0.4, -0.2) is 42.3 Å². The van der Waals surface area contributed by atoms with E-state index in [0.29, 0.717) is 37.5 Å². The quantitative estimate of drug-likeness (QED) is 0.833. The first-order chi connectivity index (χ1) is 13.1. The Morgan fingerprint density at radius 1 is 1.29 bits per heavy atom. The van der Waals surface area contributed by atoms with Crippen molar-refractivity contribution in [2.75, 3.05) is 18.4 Å². The lowest BCUT2D eigenvalue weighted by Gasteiger charge is -2.40. The molecule has 3 rings (SSSR count). The first-order valence-corrected chi connectivity index (χ1v) is 10.6. The van der Waals surface area contributed by atoms with Gasteiger partial charge in [0.2, 0.25) is 0 Å². The zero-order valence-electron chi connectivity index (χ0n) is 16.1. The highest BCUT2D eigenvalue weighted by molar-refractivity contribution is 7.92. The van der Waals surface area contributed by atoms with Gasteiger partial charge in [0.25, 0.3) is 0 Å². The fourth-order valence-electron chi connectivity index (χ4n) is 3.55. The molecule has 0 spiro atoms. The van der Waals surface area contributed by atoms with E-state index in [9.17, 15) is 17.6 Å². The predicted molar refractivity (Wildman–Crippen MR) is 102 cm³/mol. The summed E-state index contributed by atoms with van der Waals surface area (Å²) in [7, 11) is -3.73. The van der Waals surface area contributed by atoms with Crippen molar-refractivity contribution in [3.05, 3.63) is 41.9 Å². The van der Waals surface area contributed by atoms with Gasteiger partial charge in [-0.25, -0.2) is 17.6 Å². The number of halogens is 1. The minimum atomic E-state index is -3.73. The monoisotopic (exact) mass is 409 g/mol. The van der Waals surface area contributed by atoms with Crippen LogP contribution in [-0.2, 0) is 9.84 Å². The van der Waals surface area contributed by atoms with Crippen molar-refractivity contribution in [2.45, 2.75) is 43.3 Å². The minimum absolute atomic E-state index is 0.0147. The number of nitrogens with zero attached hydrogens (tertiary/aromatic N) is 2. The van der Waals surface area contributed by atoms with Crippen molar-refractivity contribution in [3.8, 4) is 0 Å². The molecule has 0 bridgehead atoms. The number of amides is 2. The Kier molecular flexibility index (Phi) is 5.47. The van der Waals surface area contributed by atoms with E-state index < -0.39 is 20.4 Å². The van der Waals surface area contributed by atoms with Gasteiger partial charge in [-0.15, -0.1) is 0 Å². The number of sulfone groups is 1. The van der Waals surface area contributed by atoms with E-state index in [-0.39, 0.29) is 16.8 Å². The average molecular weight is 409 g/mol. The van der Waals surface area contributed by atoms with Gasteiger partial charge in [-0.3, -0.25) is 5.32 Å². The number of likely N-dealkylation sites (tertiary alicyclic amines) is 1. The third-order valence-corrected chi connectivity index (χ3v) is 8.02. The van der Waals surface area contributed by atoms with Crippen LogP contribution in [0.5, 0.6) is 0 Å². The summed E-state index contributed by atoms with van der Waals surface area (Å²) >= 11 is 0. The number of aromatic nitrogens is 1. The first-order valence-electron chi connectivity index (χ1n) is 9.10. The summed E-state index contributed by atoms with van der Waals surface area (Å²) in [5.74, 6) is 0.211. The van der Waals surface area contributed by atoms with E-state index in [1.807, 2.05) is 0 Å². The lowest BCUT2D eigenvalue weighted by atomic mass is 9.86. The van der Waals surface area contributed by atoms with E-state index in [4.69, 9.17) is 4.52 Å². The highest BCUT2D eigenvalue weighted by atomic mass is 32.2. The van der Waals surface area contributed by atoms with E-state index in [2.05, 4.69) is 10.5 Å². The van der Waals surface area contributed by atoms with Crippen LogP contribution in [0.4, 0.5) is 15.0 Å². The van der Waals surface area contributed by atoms with Crippen molar-refractivity contribution in [2.24, 2.45) is 5.92 Å². The molecular formula is C19H24FN3O4S. The molecule has 1 aliphatic heterocycles. The zero-order valence-corrected chi connectivity index (χ0v) is 16.9. The van der Waals surface area contributed by atoms with Crippen LogP contribution in [0.2, 0.25) is 0 Å². The average Bonchev–Trinajstić information content (AvgIpc) is 3.06. The molecule has 9 heteroatoms. The Balaban J connectivity index is 1.67. The van der Waals surface area contributed by atoms with Crippen molar-refractivity contribution < 1.29 is 22.1 Å². The molecule has 7 nitrogen and oxygen atoms in total. The molecule has 152 valence electrons. The molecule has 1 aromatic carbocycles. The molecule has 1 aliphatic rings. The standard InChI is InChI=1S/C19H24FN3O4S/c1-13-11-17(22-27-13)21-18(24)23-9-7-14(8-10-23)19(2,3)28(25,26)16-6-4-5-15(20)12-16/h4-6,11-12,14H,7-10H2,1-3H3,(H,21,22,24). The van der Waals surface area contributed by atoms with Gasteiger partial charge < -0.3 is 9.42 Å². The second-order valence-electron chi connectivity index (χ2n) is 7.58. The van der Waals surface area contributed by atoms with Crippen LogP contribution >= 0.6 is 0 Å². The molecule has 2 amide bonds. The summed E-state index contributed by atoms with van der Waals surface area (Å²) < 4.78 is 43.5. The minimum Gasteiger partial charge on any atom is -0.360 e. The maximum atomic E-state index is 13.5. The first kappa shape index (κ1) is 20.3. The molecule has 0 aliphatic carbocycles. The number of piperidine rings is 1. The number of nitrogens with one attached hydrogen (secondary N) is 1. The Bertz CT molecular complexity index is 963. The van der Waals surface area contributed by atoms with Crippen LogP contribution in [0.1, 0.15) is 32.4 Å². The number of aryl methyl sites for hydroxylation is 1.